The molecule has 0 radical (unpaired) electrons. The van der Waals surface area contributed by atoms with Gasteiger partial charge in [-0.1, -0.05) is 12.1 Å². The zero-order valence-corrected chi connectivity index (χ0v) is 13.6. The Morgan fingerprint density at radius 1 is 1.36 bits per heavy atom. The van der Waals surface area contributed by atoms with E-state index >= 15 is 0 Å². The number of rotatable bonds is 6. The fourth-order valence-electron chi connectivity index (χ4n) is 2.85. The first-order valence-electron chi connectivity index (χ1n) is 7.68. The number of furan rings is 1. The highest BCUT2D eigenvalue weighted by Gasteiger charge is 2.22. The van der Waals surface area contributed by atoms with Crippen LogP contribution in [0.4, 0.5) is 0 Å². The van der Waals surface area contributed by atoms with Crippen molar-refractivity contribution in [1.29, 1.82) is 0 Å². The maximum Gasteiger partial charge on any atom is 0.241 e. The van der Waals surface area contributed by atoms with E-state index in [-0.39, 0.29) is 12.4 Å². The minimum atomic E-state index is 0. The molecule has 2 aromatic heterocycles. The monoisotopic (exact) mass is 326 g/mol. The molecule has 1 saturated heterocycles. The third-order valence-corrected chi connectivity index (χ3v) is 3.88. The second kappa shape index (κ2) is 8.31. The maximum atomic E-state index is 5.38. The Morgan fingerprint density at radius 3 is 2.86 bits per heavy atom. The van der Waals surface area contributed by atoms with Crippen molar-refractivity contribution in [3.8, 4) is 11.6 Å². The van der Waals surface area contributed by atoms with Crippen LogP contribution in [0.2, 0.25) is 0 Å². The summed E-state index contributed by atoms with van der Waals surface area (Å²) in [5.74, 6) is 1.83. The minimum absolute atomic E-state index is 0. The van der Waals surface area contributed by atoms with Crippen LogP contribution in [-0.2, 0) is 6.54 Å². The largest absolute Gasteiger partial charge is 0.461 e. The van der Waals surface area contributed by atoms with E-state index in [9.17, 15) is 0 Å². The SMILES string of the molecule is CCCN(Cc1nc(-c2ccco2)no1)C1CCNCC1.Cl. The summed E-state index contributed by atoms with van der Waals surface area (Å²) in [6, 6.07) is 4.26. The Labute approximate surface area is 136 Å². The first kappa shape index (κ1) is 17.0. The van der Waals surface area contributed by atoms with Crippen molar-refractivity contribution in [2.45, 2.75) is 38.8 Å². The normalized spacial score (nSPS) is 15.9. The van der Waals surface area contributed by atoms with Gasteiger partial charge in [0.15, 0.2) is 5.76 Å². The Bertz CT molecular complexity index is 537. The van der Waals surface area contributed by atoms with Gasteiger partial charge in [0, 0.05) is 6.04 Å². The zero-order valence-electron chi connectivity index (χ0n) is 12.8. The van der Waals surface area contributed by atoms with Crippen LogP contribution in [0.15, 0.2) is 27.3 Å². The quantitative estimate of drug-likeness (QED) is 0.880. The number of nitrogens with one attached hydrogen (secondary N) is 1. The number of aromatic nitrogens is 2. The van der Waals surface area contributed by atoms with Gasteiger partial charge in [0.25, 0.3) is 0 Å². The fraction of sp³-hybridized carbons (Fsp3) is 0.600. The summed E-state index contributed by atoms with van der Waals surface area (Å²) in [5.41, 5.74) is 0. The Hall–Kier alpha value is -1.37. The summed E-state index contributed by atoms with van der Waals surface area (Å²) in [6.07, 6.45) is 5.10. The molecular weight excluding hydrogens is 304 g/mol. The smallest absolute Gasteiger partial charge is 0.241 e. The van der Waals surface area contributed by atoms with Crippen molar-refractivity contribution in [1.82, 2.24) is 20.4 Å². The van der Waals surface area contributed by atoms with Crippen molar-refractivity contribution in [3.63, 3.8) is 0 Å². The highest BCUT2D eigenvalue weighted by Crippen LogP contribution is 2.19. The maximum absolute atomic E-state index is 5.38. The summed E-state index contributed by atoms with van der Waals surface area (Å²) >= 11 is 0. The summed E-state index contributed by atoms with van der Waals surface area (Å²) in [7, 11) is 0. The Balaban J connectivity index is 0.00000176. The van der Waals surface area contributed by atoms with Crippen molar-refractivity contribution in [2.24, 2.45) is 0 Å². The molecular formula is C15H23ClN4O2. The van der Waals surface area contributed by atoms with Crippen LogP contribution in [0.5, 0.6) is 0 Å². The van der Waals surface area contributed by atoms with Crippen LogP contribution < -0.4 is 5.32 Å². The van der Waals surface area contributed by atoms with Crippen molar-refractivity contribution in [3.05, 3.63) is 24.3 Å². The van der Waals surface area contributed by atoms with E-state index in [1.54, 1.807) is 6.26 Å². The predicted molar refractivity (Wildman–Crippen MR) is 85.8 cm³/mol. The molecule has 1 aliphatic heterocycles. The van der Waals surface area contributed by atoms with Crippen LogP contribution in [0.25, 0.3) is 11.6 Å². The molecule has 0 saturated carbocycles. The highest BCUT2D eigenvalue weighted by atomic mass is 35.5. The van der Waals surface area contributed by atoms with E-state index in [1.165, 1.54) is 12.8 Å². The number of hydrogen-bond donors (Lipinski definition) is 1. The molecule has 0 unspecified atom stereocenters. The molecule has 22 heavy (non-hydrogen) atoms. The molecule has 0 spiro atoms. The topological polar surface area (TPSA) is 67.3 Å². The lowest BCUT2D eigenvalue weighted by molar-refractivity contribution is 0.137. The number of piperidine rings is 1. The van der Waals surface area contributed by atoms with Gasteiger partial charge in [-0.3, -0.25) is 4.90 Å². The molecule has 7 heteroatoms. The first-order chi connectivity index (χ1) is 10.4. The van der Waals surface area contributed by atoms with E-state index < -0.39 is 0 Å². The minimum Gasteiger partial charge on any atom is -0.461 e. The van der Waals surface area contributed by atoms with E-state index in [1.807, 2.05) is 12.1 Å². The van der Waals surface area contributed by atoms with Crippen LogP contribution >= 0.6 is 12.4 Å². The fourth-order valence-corrected chi connectivity index (χ4v) is 2.85. The van der Waals surface area contributed by atoms with Gasteiger partial charge in [-0.15, -0.1) is 12.4 Å². The van der Waals surface area contributed by atoms with E-state index in [0.717, 1.165) is 26.1 Å². The molecule has 0 aromatic carbocycles. The van der Waals surface area contributed by atoms with Gasteiger partial charge in [0.1, 0.15) is 0 Å². The highest BCUT2D eigenvalue weighted by molar-refractivity contribution is 5.85. The average molecular weight is 327 g/mol. The van der Waals surface area contributed by atoms with Gasteiger partial charge in [0.05, 0.1) is 12.8 Å². The summed E-state index contributed by atoms with van der Waals surface area (Å²) in [4.78, 5) is 6.90. The van der Waals surface area contributed by atoms with Gasteiger partial charge >= 0.3 is 0 Å². The summed E-state index contributed by atoms with van der Waals surface area (Å²) < 4.78 is 10.7. The molecule has 3 heterocycles. The lowest BCUT2D eigenvalue weighted by atomic mass is 10.0. The molecule has 122 valence electrons. The van der Waals surface area contributed by atoms with E-state index in [2.05, 4.69) is 27.3 Å². The molecule has 0 amide bonds. The molecule has 0 bridgehead atoms. The molecule has 0 atom stereocenters. The third kappa shape index (κ3) is 4.09. The van der Waals surface area contributed by atoms with Gasteiger partial charge in [-0.05, 0) is 51.0 Å². The molecule has 6 nitrogen and oxygen atoms in total. The van der Waals surface area contributed by atoms with Gasteiger partial charge in [-0.25, -0.2) is 0 Å². The third-order valence-electron chi connectivity index (χ3n) is 3.88. The second-order valence-corrected chi connectivity index (χ2v) is 5.44. The molecule has 2 aromatic rings. The van der Waals surface area contributed by atoms with E-state index in [4.69, 9.17) is 8.94 Å². The molecule has 1 fully saturated rings. The van der Waals surface area contributed by atoms with Crippen LogP contribution in [-0.4, -0.2) is 40.7 Å². The number of nitrogens with zero attached hydrogens (tertiary/aromatic N) is 3. The van der Waals surface area contributed by atoms with Crippen molar-refractivity contribution < 1.29 is 8.94 Å². The lowest BCUT2D eigenvalue weighted by Gasteiger charge is -2.33. The molecule has 0 aliphatic carbocycles. The molecule has 3 rings (SSSR count). The first-order valence-corrected chi connectivity index (χ1v) is 7.68. The second-order valence-electron chi connectivity index (χ2n) is 5.44. The Kier molecular flexibility index (Phi) is 6.42. The van der Waals surface area contributed by atoms with Crippen molar-refractivity contribution in [2.75, 3.05) is 19.6 Å². The number of hydrogen-bond acceptors (Lipinski definition) is 6. The summed E-state index contributed by atoms with van der Waals surface area (Å²) in [5, 5.41) is 7.41. The standard InChI is InChI=1S/C15H22N4O2.ClH/c1-2-9-19(12-5-7-16-8-6-12)11-14-17-15(18-21-14)13-4-3-10-20-13;/h3-4,10,12,16H,2,5-9,11H2,1H3;1H. The Morgan fingerprint density at radius 2 is 2.18 bits per heavy atom. The number of halogens is 1. The van der Waals surface area contributed by atoms with Crippen LogP contribution in [0.3, 0.4) is 0 Å². The van der Waals surface area contributed by atoms with Gasteiger partial charge < -0.3 is 14.3 Å². The molecule has 1 N–H and O–H groups in total. The van der Waals surface area contributed by atoms with Crippen molar-refractivity contribution >= 4 is 12.4 Å². The molecule has 1 aliphatic rings. The van der Waals surface area contributed by atoms with Crippen LogP contribution in [0, 0.1) is 0 Å². The average Bonchev–Trinajstić information content (AvgIpc) is 3.19. The van der Waals surface area contributed by atoms with Gasteiger partial charge in [0.2, 0.25) is 11.7 Å². The van der Waals surface area contributed by atoms with Gasteiger partial charge in [-0.2, -0.15) is 4.98 Å². The lowest BCUT2D eigenvalue weighted by Crippen LogP contribution is -2.43. The summed E-state index contributed by atoms with van der Waals surface area (Å²) in [6.45, 7) is 6.16. The zero-order chi connectivity index (χ0) is 14.5. The van der Waals surface area contributed by atoms with Crippen LogP contribution in [0.1, 0.15) is 32.1 Å². The predicted octanol–water partition coefficient (Wildman–Crippen LogP) is 2.72. The van der Waals surface area contributed by atoms with E-state index in [0.29, 0.717) is 30.1 Å².